The van der Waals surface area contributed by atoms with Crippen molar-refractivity contribution in [3.05, 3.63) is 42.4 Å². The first kappa shape index (κ1) is 32.2. The van der Waals surface area contributed by atoms with Crippen LogP contribution in [0.1, 0.15) is 65.9 Å². The molecule has 0 atom stereocenters. The van der Waals surface area contributed by atoms with Crippen LogP contribution in [-0.2, 0) is 9.47 Å². The highest BCUT2D eigenvalue weighted by atomic mass is 19.4. The fraction of sp³-hybridized carbons (Fsp3) is 0.464. The summed E-state index contributed by atoms with van der Waals surface area (Å²) in [5.41, 5.74) is -2.16. The van der Waals surface area contributed by atoms with Crippen LogP contribution in [0.2, 0.25) is 0 Å². The lowest BCUT2D eigenvalue weighted by atomic mass is 10.1. The number of amides is 2. The smallest absolute Gasteiger partial charge is 0.444 e. The van der Waals surface area contributed by atoms with Gasteiger partial charge in [-0.2, -0.15) is 0 Å². The third kappa shape index (κ3) is 9.08. The number of ether oxygens (including phenoxy) is 3. The molecule has 42 heavy (non-hydrogen) atoms. The average molecular weight is 594 g/mol. The van der Waals surface area contributed by atoms with Gasteiger partial charge in [0.05, 0.1) is 29.1 Å². The van der Waals surface area contributed by atoms with Gasteiger partial charge in [-0.1, -0.05) is 0 Å². The van der Waals surface area contributed by atoms with E-state index >= 15 is 0 Å². The summed E-state index contributed by atoms with van der Waals surface area (Å²) in [7, 11) is 0. The lowest BCUT2D eigenvalue weighted by Gasteiger charge is -2.28. The molecule has 11 nitrogen and oxygen atoms in total. The normalized spacial score (nSPS) is 12.5. The van der Waals surface area contributed by atoms with E-state index in [1.165, 1.54) is 24.5 Å². The van der Waals surface area contributed by atoms with Crippen molar-refractivity contribution >= 4 is 29.0 Å². The van der Waals surface area contributed by atoms with Crippen LogP contribution in [0.15, 0.2) is 36.7 Å². The van der Waals surface area contributed by atoms with Crippen LogP contribution in [0.25, 0.3) is 22.3 Å². The van der Waals surface area contributed by atoms with Gasteiger partial charge in [0.2, 0.25) is 0 Å². The van der Waals surface area contributed by atoms with Crippen molar-refractivity contribution in [1.29, 1.82) is 0 Å². The largest absolute Gasteiger partial charge is 0.573 e. The second-order valence-corrected chi connectivity index (χ2v) is 12.1. The highest BCUT2D eigenvalue weighted by molar-refractivity contribution is 5.97. The van der Waals surface area contributed by atoms with Gasteiger partial charge in [-0.05, 0) is 79.7 Å². The van der Waals surface area contributed by atoms with Crippen molar-refractivity contribution in [1.82, 2.24) is 25.2 Å². The fourth-order valence-corrected chi connectivity index (χ4v) is 3.70. The maximum absolute atomic E-state index is 13.2. The summed E-state index contributed by atoms with van der Waals surface area (Å²) in [5, 5.41) is 5.58. The highest BCUT2D eigenvalue weighted by Gasteiger charge is 2.32. The van der Waals surface area contributed by atoms with Crippen LogP contribution in [0, 0.1) is 0 Å². The molecule has 3 rings (SSSR count). The van der Waals surface area contributed by atoms with Gasteiger partial charge >= 0.3 is 18.5 Å². The zero-order valence-electron chi connectivity index (χ0n) is 24.6. The monoisotopic (exact) mass is 593 g/mol. The number of carbonyl (C=O) groups excluding carboxylic acids is 3. The summed E-state index contributed by atoms with van der Waals surface area (Å²) in [4.78, 5) is 46.7. The summed E-state index contributed by atoms with van der Waals surface area (Å²) in [5.74, 6) is -1.10. The molecule has 1 aromatic carbocycles. The number of hydrogen-bond donors (Lipinski definition) is 2. The van der Waals surface area contributed by atoms with Gasteiger partial charge in [-0.15, -0.1) is 13.2 Å². The zero-order valence-corrected chi connectivity index (χ0v) is 24.6. The number of carbonyl (C=O) groups is 3. The standard InChI is InChI=1S/C28H34F3N5O6/c1-25(2,3)41-23(38)35-27(7,8)15-33-22(37)19-14-32-13-18(34-19)21-12-16-11-17(40-28(29,30)31)9-10-20(16)36(21)24(39)42-26(4,5)6/h9-14H,15H2,1-8H3,(H,33,37)(H,35,38). The lowest BCUT2D eigenvalue weighted by molar-refractivity contribution is -0.274. The summed E-state index contributed by atoms with van der Waals surface area (Å²) >= 11 is 0. The molecule has 2 amide bonds. The molecule has 0 radical (unpaired) electrons. The van der Waals surface area contributed by atoms with Crippen LogP contribution >= 0.6 is 0 Å². The van der Waals surface area contributed by atoms with Crippen LogP contribution in [0.5, 0.6) is 5.75 Å². The molecule has 2 N–H and O–H groups in total. The second-order valence-electron chi connectivity index (χ2n) is 12.1. The number of hydrogen-bond acceptors (Lipinski definition) is 8. The SMILES string of the molecule is CC(C)(CNC(=O)c1cncc(-c2cc3cc(OC(F)(F)F)ccc3n2C(=O)OC(C)(C)C)n1)NC(=O)OC(C)(C)C. The summed E-state index contributed by atoms with van der Waals surface area (Å²) < 4.78 is 54.3. The van der Waals surface area contributed by atoms with Gasteiger partial charge < -0.3 is 24.8 Å². The van der Waals surface area contributed by atoms with Gasteiger partial charge in [-0.25, -0.2) is 19.1 Å². The van der Waals surface area contributed by atoms with E-state index in [-0.39, 0.29) is 34.5 Å². The molecule has 0 aliphatic carbocycles. The Labute approximate surface area is 240 Å². The van der Waals surface area contributed by atoms with E-state index in [0.29, 0.717) is 0 Å². The molecule has 0 aliphatic rings. The number of alkyl halides is 3. The molecule has 14 heteroatoms. The quantitative estimate of drug-likeness (QED) is 0.366. The Balaban J connectivity index is 1.93. The van der Waals surface area contributed by atoms with E-state index in [4.69, 9.17) is 9.47 Å². The summed E-state index contributed by atoms with van der Waals surface area (Å²) in [6, 6.07) is 4.90. The number of nitrogens with one attached hydrogen (secondary N) is 2. The fourth-order valence-electron chi connectivity index (χ4n) is 3.70. The molecular formula is C28H34F3N5O6. The van der Waals surface area contributed by atoms with Crippen LogP contribution in [0.4, 0.5) is 22.8 Å². The molecule has 0 bridgehead atoms. The van der Waals surface area contributed by atoms with Gasteiger partial charge in [0, 0.05) is 11.9 Å². The number of rotatable bonds is 6. The van der Waals surface area contributed by atoms with Crippen molar-refractivity contribution in [2.24, 2.45) is 0 Å². The molecule has 0 unspecified atom stereocenters. The number of benzene rings is 1. The van der Waals surface area contributed by atoms with E-state index in [1.54, 1.807) is 55.4 Å². The van der Waals surface area contributed by atoms with Crippen molar-refractivity contribution in [3.8, 4) is 17.1 Å². The third-order valence-electron chi connectivity index (χ3n) is 5.24. The lowest BCUT2D eigenvalue weighted by Crippen LogP contribution is -2.52. The minimum absolute atomic E-state index is 0.0110. The van der Waals surface area contributed by atoms with Gasteiger partial charge in [0.1, 0.15) is 28.3 Å². The molecule has 0 aliphatic heterocycles. The topological polar surface area (TPSA) is 134 Å². The first-order valence-electron chi connectivity index (χ1n) is 12.9. The highest BCUT2D eigenvalue weighted by Crippen LogP contribution is 2.32. The van der Waals surface area contributed by atoms with Crippen molar-refractivity contribution in [3.63, 3.8) is 0 Å². The Kier molecular flexibility index (Phi) is 8.80. The minimum Gasteiger partial charge on any atom is -0.444 e. The zero-order chi connectivity index (χ0) is 31.7. The molecule has 3 aromatic rings. The number of fused-ring (bicyclic) bond motifs is 1. The molecule has 2 heterocycles. The second kappa shape index (κ2) is 11.5. The summed E-state index contributed by atoms with van der Waals surface area (Å²) in [6.45, 7) is 13.6. The Morgan fingerprint density at radius 3 is 2.14 bits per heavy atom. The van der Waals surface area contributed by atoms with Crippen molar-refractivity contribution in [2.75, 3.05) is 6.54 Å². The predicted molar refractivity (Wildman–Crippen MR) is 147 cm³/mol. The molecule has 0 saturated heterocycles. The van der Waals surface area contributed by atoms with Crippen molar-refractivity contribution < 1.29 is 41.8 Å². The van der Waals surface area contributed by atoms with E-state index in [9.17, 15) is 27.6 Å². The molecule has 2 aromatic heterocycles. The van der Waals surface area contributed by atoms with E-state index < -0.39 is 46.9 Å². The Morgan fingerprint density at radius 2 is 1.55 bits per heavy atom. The molecule has 0 spiro atoms. The minimum atomic E-state index is -4.91. The maximum atomic E-state index is 13.2. The average Bonchev–Trinajstić information content (AvgIpc) is 3.18. The Morgan fingerprint density at radius 1 is 0.905 bits per heavy atom. The van der Waals surface area contributed by atoms with Gasteiger partial charge in [0.25, 0.3) is 5.91 Å². The van der Waals surface area contributed by atoms with E-state index in [0.717, 1.165) is 16.7 Å². The number of nitrogens with zero attached hydrogens (tertiary/aromatic N) is 3. The van der Waals surface area contributed by atoms with E-state index in [1.807, 2.05) is 0 Å². The first-order chi connectivity index (χ1) is 19.1. The number of alkyl carbamates (subject to hydrolysis) is 1. The summed E-state index contributed by atoms with van der Waals surface area (Å²) in [6.07, 6.45) is -3.87. The maximum Gasteiger partial charge on any atom is 0.573 e. The number of halogens is 3. The predicted octanol–water partition coefficient (Wildman–Crippen LogP) is 5.81. The molecular weight excluding hydrogens is 559 g/mol. The van der Waals surface area contributed by atoms with Crippen LogP contribution in [-0.4, -0.2) is 62.3 Å². The van der Waals surface area contributed by atoms with Crippen LogP contribution < -0.4 is 15.4 Å². The first-order valence-corrected chi connectivity index (χ1v) is 12.9. The molecule has 228 valence electrons. The van der Waals surface area contributed by atoms with E-state index in [2.05, 4.69) is 25.3 Å². The third-order valence-corrected chi connectivity index (χ3v) is 5.24. The Bertz CT molecular complexity index is 1490. The molecule has 0 saturated carbocycles. The van der Waals surface area contributed by atoms with Gasteiger partial charge in [-0.3, -0.25) is 9.78 Å². The van der Waals surface area contributed by atoms with Gasteiger partial charge in [0.15, 0.2) is 0 Å². The number of aromatic nitrogens is 3. The molecule has 0 fully saturated rings. The van der Waals surface area contributed by atoms with Crippen LogP contribution in [0.3, 0.4) is 0 Å². The van der Waals surface area contributed by atoms with Crippen molar-refractivity contribution in [2.45, 2.75) is 78.5 Å². The Hall–Kier alpha value is -4.36.